The van der Waals surface area contributed by atoms with E-state index in [0.717, 1.165) is 16.8 Å². The number of benzene rings is 1. The van der Waals surface area contributed by atoms with Crippen LogP contribution >= 0.6 is 0 Å². The molecular formula is C16H22N4O3. The summed E-state index contributed by atoms with van der Waals surface area (Å²) in [5.74, 6) is -0.498. The van der Waals surface area contributed by atoms with Crippen molar-refractivity contribution in [3.8, 4) is 0 Å². The largest absolute Gasteiger partial charge is 0.336 e. The molecule has 0 aromatic heterocycles. The minimum Gasteiger partial charge on any atom is -0.336 e. The number of carbonyl (C=O) groups is 3. The van der Waals surface area contributed by atoms with E-state index in [4.69, 9.17) is 0 Å². The second-order valence-electron chi connectivity index (χ2n) is 5.75. The zero-order valence-corrected chi connectivity index (χ0v) is 13.7. The monoisotopic (exact) mass is 318 g/mol. The van der Waals surface area contributed by atoms with E-state index in [1.165, 1.54) is 4.90 Å². The first kappa shape index (κ1) is 17.0. The number of nitrogens with one attached hydrogen (secondary N) is 2. The summed E-state index contributed by atoms with van der Waals surface area (Å²) in [4.78, 5) is 38.3. The van der Waals surface area contributed by atoms with Gasteiger partial charge in [-0.1, -0.05) is 12.1 Å². The van der Waals surface area contributed by atoms with Crippen molar-refractivity contribution in [2.75, 3.05) is 38.5 Å². The van der Waals surface area contributed by atoms with Crippen LogP contribution in [0.25, 0.3) is 0 Å². The molecule has 7 heteroatoms. The summed E-state index contributed by atoms with van der Waals surface area (Å²) >= 11 is 0. The number of urea groups is 1. The van der Waals surface area contributed by atoms with Crippen molar-refractivity contribution in [3.63, 3.8) is 0 Å². The van der Waals surface area contributed by atoms with Gasteiger partial charge in [0.1, 0.15) is 0 Å². The number of hydrogen-bond donors (Lipinski definition) is 2. The molecule has 2 rings (SSSR count). The van der Waals surface area contributed by atoms with Crippen molar-refractivity contribution in [1.29, 1.82) is 0 Å². The Morgan fingerprint density at radius 1 is 1.30 bits per heavy atom. The molecule has 0 saturated carbocycles. The number of carbonyl (C=O) groups excluding carboxylic acids is 3. The maximum Gasteiger partial charge on any atom is 0.324 e. The van der Waals surface area contributed by atoms with Crippen molar-refractivity contribution in [3.05, 3.63) is 29.3 Å². The lowest BCUT2D eigenvalue weighted by Gasteiger charge is -2.19. The summed E-state index contributed by atoms with van der Waals surface area (Å²) in [6.07, 6.45) is 0. The molecule has 4 amide bonds. The van der Waals surface area contributed by atoms with Crippen molar-refractivity contribution in [2.45, 2.75) is 13.8 Å². The van der Waals surface area contributed by atoms with Gasteiger partial charge in [-0.15, -0.1) is 0 Å². The van der Waals surface area contributed by atoms with Crippen LogP contribution in [0.2, 0.25) is 0 Å². The molecule has 1 aromatic carbocycles. The maximum atomic E-state index is 12.1. The lowest BCUT2D eigenvalue weighted by molar-refractivity contribution is -0.128. The van der Waals surface area contributed by atoms with Crippen LogP contribution in [0.4, 0.5) is 10.5 Å². The molecule has 0 bridgehead atoms. The van der Waals surface area contributed by atoms with Gasteiger partial charge in [0.15, 0.2) is 0 Å². The SMILES string of the molecule is Cc1cccc(NC(=O)CN(C)CC(=O)N2CCNC2=O)c1C. The number of amides is 4. The highest BCUT2D eigenvalue weighted by atomic mass is 16.2. The van der Waals surface area contributed by atoms with E-state index in [0.29, 0.717) is 13.1 Å². The number of likely N-dealkylation sites (N-methyl/N-ethyl adjacent to an activating group) is 1. The van der Waals surface area contributed by atoms with Crippen molar-refractivity contribution < 1.29 is 14.4 Å². The normalized spacial score (nSPS) is 14.1. The summed E-state index contributed by atoms with van der Waals surface area (Å²) in [7, 11) is 1.68. The number of anilines is 1. The number of imide groups is 1. The summed E-state index contributed by atoms with van der Waals surface area (Å²) in [5, 5.41) is 5.43. The Morgan fingerprint density at radius 3 is 2.70 bits per heavy atom. The number of aryl methyl sites for hydroxylation is 1. The van der Waals surface area contributed by atoms with Crippen LogP contribution < -0.4 is 10.6 Å². The Hall–Kier alpha value is -2.41. The van der Waals surface area contributed by atoms with E-state index in [1.807, 2.05) is 32.0 Å². The van der Waals surface area contributed by atoms with E-state index >= 15 is 0 Å². The molecule has 124 valence electrons. The Bertz CT molecular complexity index is 630. The van der Waals surface area contributed by atoms with Crippen LogP contribution in [0.15, 0.2) is 18.2 Å². The van der Waals surface area contributed by atoms with Crippen LogP contribution in [0.5, 0.6) is 0 Å². The molecule has 0 unspecified atom stereocenters. The summed E-state index contributed by atoms with van der Waals surface area (Å²) in [6.45, 7) is 4.88. The smallest absolute Gasteiger partial charge is 0.324 e. The third-order valence-corrected chi connectivity index (χ3v) is 3.86. The van der Waals surface area contributed by atoms with E-state index < -0.39 is 0 Å². The Labute approximate surface area is 135 Å². The molecule has 0 atom stereocenters. The van der Waals surface area contributed by atoms with Gasteiger partial charge in [0.05, 0.1) is 13.1 Å². The lowest BCUT2D eigenvalue weighted by atomic mass is 10.1. The second-order valence-corrected chi connectivity index (χ2v) is 5.75. The van der Waals surface area contributed by atoms with E-state index in [-0.39, 0.29) is 30.9 Å². The summed E-state index contributed by atoms with van der Waals surface area (Å²) < 4.78 is 0. The van der Waals surface area contributed by atoms with Gasteiger partial charge in [0.25, 0.3) is 0 Å². The number of nitrogens with zero attached hydrogens (tertiary/aromatic N) is 2. The molecule has 1 fully saturated rings. The molecule has 1 aliphatic rings. The fraction of sp³-hybridized carbons (Fsp3) is 0.438. The zero-order chi connectivity index (χ0) is 17.0. The van der Waals surface area contributed by atoms with E-state index in [1.54, 1.807) is 11.9 Å². The third-order valence-electron chi connectivity index (χ3n) is 3.86. The van der Waals surface area contributed by atoms with Crippen molar-refractivity contribution in [1.82, 2.24) is 15.1 Å². The van der Waals surface area contributed by atoms with Crippen molar-refractivity contribution in [2.24, 2.45) is 0 Å². The predicted octanol–water partition coefficient (Wildman–Crippen LogP) is 0.726. The quantitative estimate of drug-likeness (QED) is 0.838. The minimum atomic E-state index is -0.372. The van der Waals surface area contributed by atoms with Gasteiger partial charge in [-0.2, -0.15) is 0 Å². The number of hydrogen-bond acceptors (Lipinski definition) is 4. The molecule has 0 radical (unpaired) electrons. The van der Waals surface area contributed by atoms with Crippen LogP contribution in [-0.2, 0) is 9.59 Å². The Kier molecular flexibility index (Phi) is 5.33. The van der Waals surface area contributed by atoms with Gasteiger partial charge in [0.2, 0.25) is 11.8 Å². The summed E-state index contributed by atoms with van der Waals surface area (Å²) in [5.41, 5.74) is 2.90. The Morgan fingerprint density at radius 2 is 2.04 bits per heavy atom. The zero-order valence-electron chi connectivity index (χ0n) is 13.7. The lowest BCUT2D eigenvalue weighted by Crippen LogP contribution is -2.42. The van der Waals surface area contributed by atoms with Gasteiger partial charge in [0, 0.05) is 18.8 Å². The highest BCUT2D eigenvalue weighted by molar-refractivity contribution is 5.97. The highest BCUT2D eigenvalue weighted by Gasteiger charge is 2.26. The van der Waals surface area contributed by atoms with Gasteiger partial charge in [-0.3, -0.25) is 19.4 Å². The third kappa shape index (κ3) is 4.29. The fourth-order valence-electron chi connectivity index (χ4n) is 2.40. The van der Waals surface area contributed by atoms with Crippen LogP contribution in [0.1, 0.15) is 11.1 Å². The van der Waals surface area contributed by atoms with Crippen LogP contribution in [0.3, 0.4) is 0 Å². The molecule has 1 saturated heterocycles. The van der Waals surface area contributed by atoms with Gasteiger partial charge in [-0.25, -0.2) is 4.79 Å². The average Bonchev–Trinajstić information content (AvgIpc) is 2.90. The van der Waals surface area contributed by atoms with Gasteiger partial charge in [-0.05, 0) is 38.1 Å². The second kappa shape index (κ2) is 7.23. The predicted molar refractivity (Wildman–Crippen MR) is 87.2 cm³/mol. The first-order valence-electron chi connectivity index (χ1n) is 7.51. The standard InChI is InChI=1S/C16H22N4O3/c1-11-5-4-6-13(12(11)2)18-14(21)9-19(3)10-15(22)20-8-7-17-16(20)23/h4-6H,7-10H2,1-3H3,(H,17,23)(H,18,21). The molecule has 0 aliphatic carbocycles. The molecule has 1 aliphatic heterocycles. The molecular weight excluding hydrogens is 296 g/mol. The molecule has 23 heavy (non-hydrogen) atoms. The number of rotatable bonds is 5. The van der Waals surface area contributed by atoms with Crippen LogP contribution in [0, 0.1) is 13.8 Å². The molecule has 2 N–H and O–H groups in total. The first-order valence-corrected chi connectivity index (χ1v) is 7.51. The van der Waals surface area contributed by atoms with Gasteiger partial charge >= 0.3 is 6.03 Å². The van der Waals surface area contributed by atoms with E-state index in [2.05, 4.69) is 10.6 Å². The van der Waals surface area contributed by atoms with Crippen molar-refractivity contribution >= 4 is 23.5 Å². The fourth-order valence-corrected chi connectivity index (χ4v) is 2.40. The topological polar surface area (TPSA) is 81.8 Å². The highest BCUT2D eigenvalue weighted by Crippen LogP contribution is 2.17. The minimum absolute atomic E-state index is 0.0215. The average molecular weight is 318 g/mol. The van der Waals surface area contributed by atoms with Crippen LogP contribution in [-0.4, -0.2) is 60.9 Å². The molecule has 7 nitrogen and oxygen atoms in total. The Balaban J connectivity index is 1.86. The molecule has 1 aromatic rings. The maximum absolute atomic E-state index is 12.1. The first-order chi connectivity index (χ1) is 10.9. The molecule has 0 spiro atoms. The van der Waals surface area contributed by atoms with E-state index in [9.17, 15) is 14.4 Å². The summed E-state index contributed by atoms with van der Waals surface area (Å²) in [6, 6.07) is 5.34. The molecule has 1 heterocycles. The van der Waals surface area contributed by atoms with Gasteiger partial charge < -0.3 is 10.6 Å².